The van der Waals surface area contributed by atoms with E-state index in [4.69, 9.17) is 5.11 Å². The van der Waals surface area contributed by atoms with Crippen LogP contribution in [0, 0.1) is 5.21 Å². The van der Waals surface area contributed by atoms with E-state index in [0.717, 1.165) is 6.42 Å². The first-order valence-electron chi connectivity index (χ1n) is 6.68. The molecule has 21 heavy (non-hydrogen) atoms. The molecule has 0 spiro atoms. The Morgan fingerprint density at radius 1 is 1.29 bits per heavy atom. The third kappa shape index (κ3) is 3.51. The maximum atomic E-state index is 10.9. The van der Waals surface area contributed by atoms with E-state index in [-0.39, 0.29) is 11.4 Å². The first-order chi connectivity index (χ1) is 10.2. The SMILES string of the molecule is COc1c(C=O)ccc[n+]1[O-].Oc1ccc2c(c1)CCC2. The summed E-state index contributed by atoms with van der Waals surface area (Å²) < 4.78 is 5.19. The molecule has 110 valence electrons. The van der Waals surface area contributed by atoms with Gasteiger partial charge in [-0.25, -0.2) is 0 Å². The summed E-state index contributed by atoms with van der Waals surface area (Å²) in [5.41, 5.74) is 3.00. The molecular weight excluding hydrogens is 270 g/mol. The van der Waals surface area contributed by atoms with Crippen LogP contribution in [0.4, 0.5) is 0 Å². The molecule has 1 aliphatic rings. The molecule has 0 saturated carbocycles. The molecule has 0 atom stereocenters. The summed E-state index contributed by atoms with van der Waals surface area (Å²) in [6.07, 6.45) is 5.43. The van der Waals surface area contributed by atoms with E-state index in [1.807, 2.05) is 12.1 Å². The number of carbonyl (C=O) groups excluding carboxylic acids is 1. The van der Waals surface area contributed by atoms with Gasteiger partial charge in [0, 0.05) is 6.07 Å². The molecule has 2 aromatic rings. The van der Waals surface area contributed by atoms with E-state index in [1.54, 1.807) is 6.07 Å². The van der Waals surface area contributed by atoms with Crippen LogP contribution in [-0.2, 0) is 12.8 Å². The average Bonchev–Trinajstić information content (AvgIpc) is 2.95. The van der Waals surface area contributed by atoms with Gasteiger partial charge < -0.3 is 15.1 Å². The van der Waals surface area contributed by atoms with Gasteiger partial charge in [0.2, 0.25) is 0 Å². The van der Waals surface area contributed by atoms with Gasteiger partial charge in [0.25, 0.3) is 0 Å². The topological polar surface area (TPSA) is 73.5 Å². The first kappa shape index (κ1) is 14.8. The van der Waals surface area contributed by atoms with E-state index in [2.05, 4.69) is 4.74 Å². The smallest absolute Gasteiger partial charge is 0.389 e. The number of aldehydes is 1. The molecule has 0 bridgehead atoms. The predicted octanol–water partition coefficient (Wildman–Crippen LogP) is 2.02. The van der Waals surface area contributed by atoms with E-state index in [9.17, 15) is 10.0 Å². The second-order valence-corrected chi connectivity index (χ2v) is 4.72. The largest absolute Gasteiger partial charge is 0.616 e. The fourth-order valence-corrected chi connectivity index (χ4v) is 2.35. The molecule has 0 unspecified atom stereocenters. The van der Waals surface area contributed by atoms with Gasteiger partial charge in [-0.3, -0.25) is 4.79 Å². The lowest BCUT2D eigenvalue weighted by Crippen LogP contribution is -2.28. The number of rotatable bonds is 2. The van der Waals surface area contributed by atoms with E-state index in [1.165, 1.54) is 49.4 Å². The highest BCUT2D eigenvalue weighted by atomic mass is 16.5. The predicted molar refractivity (Wildman–Crippen MR) is 77.5 cm³/mol. The molecule has 1 heterocycles. The Morgan fingerprint density at radius 2 is 2.05 bits per heavy atom. The second kappa shape index (κ2) is 6.74. The molecule has 0 saturated heterocycles. The summed E-state index contributed by atoms with van der Waals surface area (Å²) in [6, 6.07) is 8.67. The van der Waals surface area contributed by atoms with Crippen molar-refractivity contribution in [1.82, 2.24) is 0 Å². The minimum absolute atomic E-state index is 0.0301. The number of carbonyl (C=O) groups is 1. The van der Waals surface area contributed by atoms with Gasteiger partial charge >= 0.3 is 5.88 Å². The zero-order valence-electron chi connectivity index (χ0n) is 11.8. The molecule has 0 radical (unpaired) electrons. The van der Waals surface area contributed by atoms with Gasteiger partial charge in [0.15, 0.2) is 12.5 Å². The Balaban J connectivity index is 0.000000154. The molecule has 1 aromatic heterocycles. The van der Waals surface area contributed by atoms with Crippen LogP contribution in [-0.4, -0.2) is 18.5 Å². The fourth-order valence-electron chi connectivity index (χ4n) is 2.35. The maximum absolute atomic E-state index is 10.9. The fraction of sp³-hybridized carbons (Fsp3) is 0.250. The van der Waals surface area contributed by atoms with E-state index < -0.39 is 0 Å². The number of pyridine rings is 1. The van der Waals surface area contributed by atoms with Crippen molar-refractivity contribution in [3.8, 4) is 11.6 Å². The van der Waals surface area contributed by atoms with Gasteiger partial charge in [0.05, 0.1) is 7.11 Å². The number of ether oxygens (including phenoxy) is 1. The molecule has 5 heteroatoms. The number of aromatic nitrogens is 1. The summed E-state index contributed by atoms with van der Waals surface area (Å²) in [6.45, 7) is 0. The molecule has 0 fully saturated rings. The average molecular weight is 287 g/mol. The van der Waals surface area contributed by atoms with Crippen LogP contribution < -0.4 is 9.47 Å². The summed E-state index contributed by atoms with van der Waals surface area (Å²) >= 11 is 0. The number of hydrogen-bond donors (Lipinski definition) is 1. The number of fused-ring (bicyclic) bond motifs is 1. The number of benzene rings is 1. The molecule has 1 N–H and O–H groups in total. The molecule has 1 aromatic carbocycles. The lowest BCUT2D eigenvalue weighted by Gasteiger charge is -2.02. The second-order valence-electron chi connectivity index (χ2n) is 4.72. The van der Waals surface area contributed by atoms with Crippen molar-refractivity contribution in [1.29, 1.82) is 0 Å². The van der Waals surface area contributed by atoms with Gasteiger partial charge in [-0.1, -0.05) is 6.07 Å². The first-order valence-corrected chi connectivity index (χ1v) is 6.68. The third-order valence-corrected chi connectivity index (χ3v) is 3.35. The Morgan fingerprint density at radius 3 is 2.71 bits per heavy atom. The molecule has 0 aliphatic heterocycles. The summed E-state index contributed by atoms with van der Waals surface area (Å²) in [5, 5.41) is 20.0. The van der Waals surface area contributed by atoms with Gasteiger partial charge in [-0.15, -0.1) is 4.73 Å². The number of nitrogens with zero attached hydrogens (tertiary/aromatic N) is 1. The van der Waals surface area contributed by atoms with Crippen molar-refractivity contribution in [2.24, 2.45) is 0 Å². The van der Waals surface area contributed by atoms with Crippen LogP contribution in [0.5, 0.6) is 11.6 Å². The van der Waals surface area contributed by atoms with Crippen molar-refractivity contribution in [3.05, 3.63) is 58.4 Å². The van der Waals surface area contributed by atoms with Crippen LogP contribution in [0.2, 0.25) is 0 Å². The number of aryl methyl sites for hydroxylation is 2. The van der Waals surface area contributed by atoms with E-state index >= 15 is 0 Å². The van der Waals surface area contributed by atoms with Crippen molar-refractivity contribution in [3.63, 3.8) is 0 Å². The summed E-state index contributed by atoms with van der Waals surface area (Å²) in [4.78, 5) is 10.3. The number of aromatic hydroxyl groups is 1. The zero-order chi connectivity index (χ0) is 15.2. The minimum atomic E-state index is 0.0301. The van der Waals surface area contributed by atoms with Crippen LogP contribution in [0.15, 0.2) is 36.5 Å². The van der Waals surface area contributed by atoms with Crippen LogP contribution in [0.1, 0.15) is 27.9 Å². The normalized spacial score (nSPS) is 12.0. The molecule has 3 rings (SSSR count). The highest BCUT2D eigenvalue weighted by Gasteiger charge is 2.10. The van der Waals surface area contributed by atoms with E-state index in [0.29, 0.717) is 16.8 Å². The Labute approximate surface area is 123 Å². The lowest BCUT2D eigenvalue weighted by atomic mass is 10.1. The molecular formula is C16H17NO4. The Bertz CT molecular complexity index is 640. The van der Waals surface area contributed by atoms with Crippen molar-refractivity contribution in [2.75, 3.05) is 7.11 Å². The highest BCUT2D eigenvalue weighted by molar-refractivity contribution is 5.77. The summed E-state index contributed by atoms with van der Waals surface area (Å²) in [7, 11) is 1.34. The quantitative estimate of drug-likeness (QED) is 0.521. The summed E-state index contributed by atoms with van der Waals surface area (Å²) in [5.74, 6) is 0.433. The third-order valence-electron chi connectivity index (χ3n) is 3.35. The monoisotopic (exact) mass is 287 g/mol. The minimum Gasteiger partial charge on any atom is -0.616 e. The standard InChI is InChI=1S/C9H10O.C7H7NO3/c10-9-5-4-7-2-1-3-8(7)6-9;1-11-7-6(5-9)3-2-4-8(7)10/h4-6,10H,1-3H2;2-5H,1H3. The van der Waals surface area contributed by atoms with Crippen molar-refractivity contribution in [2.45, 2.75) is 19.3 Å². The van der Waals surface area contributed by atoms with Crippen LogP contribution >= 0.6 is 0 Å². The number of methoxy groups -OCH3 is 1. The van der Waals surface area contributed by atoms with Crippen LogP contribution in [0.3, 0.4) is 0 Å². The number of phenolic OH excluding ortho intramolecular Hbond substituents is 1. The van der Waals surface area contributed by atoms with Gasteiger partial charge in [-0.05, 0) is 48.6 Å². The number of phenols is 1. The molecule has 5 nitrogen and oxygen atoms in total. The van der Waals surface area contributed by atoms with Crippen molar-refractivity contribution < 1.29 is 19.4 Å². The molecule has 1 aliphatic carbocycles. The zero-order valence-corrected chi connectivity index (χ0v) is 11.8. The highest BCUT2D eigenvalue weighted by Crippen LogP contribution is 2.24. The molecule has 0 amide bonds. The van der Waals surface area contributed by atoms with Gasteiger partial charge in [0.1, 0.15) is 11.3 Å². The van der Waals surface area contributed by atoms with Gasteiger partial charge in [-0.2, -0.15) is 0 Å². The number of hydrogen-bond acceptors (Lipinski definition) is 4. The van der Waals surface area contributed by atoms with Crippen LogP contribution in [0.25, 0.3) is 0 Å². The van der Waals surface area contributed by atoms with Crippen molar-refractivity contribution >= 4 is 6.29 Å². The lowest BCUT2D eigenvalue weighted by molar-refractivity contribution is -0.612. The Kier molecular flexibility index (Phi) is 4.77. The maximum Gasteiger partial charge on any atom is 0.389 e. The Hall–Kier alpha value is -2.56.